The Balaban J connectivity index is 2.11. The van der Waals surface area contributed by atoms with Gasteiger partial charge in [0.2, 0.25) is 0 Å². The van der Waals surface area contributed by atoms with Crippen LogP contribution in [-0.2, 0) is 4.74 Å². The molecule has 0 aliphatic heterocycles. The summed E-state index contributed by atoms with van der Waals surface area (Å²) in [5.74, 6) is -0.0987. The van der Waals surface area contributed by atoms with E-state index in [1.807, 2.05) is 24.4 Å². The summed E-state index contributed by atoms with van der Waals surface area (Å²) in [5, 5.41) is 4.60. The highest BCUT2D eigenvalue weighted by atomic mass is 32.1. The molecule has 0 saturated carbocycles. The van der Waals surface area contributed by atoms with Crippen molar-refractivity contribution in [2.75, 3.05) is 19.0 Å². The molecule has 2 aromatic rings. The summed E-state index contributed by atoms with van der Waals surface area (Å²) in [6.45, 7) is 4.02. The van der Waals surface area contributed by atoms with Gasteiger partial charge in [0.05, 0.1) is 12.6 Å². The molecule has 0 spiro atoms. The van der Waals surface area contributed by atoms with Gasteiger partial charge in [0.15, 0.2) is 0 Å². The Morgan fingerprint density at radius 2 is 2.09 bits per heavy atom. The van der Waals surface area contributed by atoms with Crippen molar-refractivity contribution < 1.29 is 14.3 Å². The van der Waals surface area contributed by atoms with Crippen LogP contribution in [0.15, 0.2) is 41.8 Å². The fourth-order valence-corrected chi connectivity index (χ4v) is 2.94. The average molecular weight is 332 g/mol. The van der Waals surface area contributed by atoms with Crippen molar-refractivity contribution >= 4 is 29.0 Å². The second kappa shape index (κ2) is 7.78. The van der Waals surface area contributed by atoms with Crippen molar-refractivity contribution in [3.8, 4) is 0 Å². The number of nitrogens with zero attached hydrogens (tertiary/aromatic N) is 1. The number of benzene rings is 1. The molecule has 122 valence electrons. The van der Waals surface area contributed by atoms with Gasteiger partial charge in [-0.15, -0.1) is 11.3 Å². The minimum Gasteiger partial charge on any atom is -0.450 e. The van der Waals surface area contributed by atoms with Crippen molar-refractivity contribution in [1.29, 1.82) is 0 Å². The molecule has 0 bridgehead atoms. The molecule has 6 heteroatoms. The Morgan fingerprint density at radius 1 is 1.30 bits per heavy atom. The van der Waals surface area contributed by atoms with Crippen molar-refractivity contribution in [3.63, 3.8) is 0 Å². The van der Waals surface area contributed by atoms with Gasteiger partial charge < -0.3 is 9.64 Å². The highest BCUT2D eigenvalue weighted by Crippen LogP contribution is 2.25. The minimum absolute atomic E-state index is 0.0100. The van der Waals surface area contributed by atoms with Gasteiger partial charge in [-0.05, 0) is 43.5 Å². The van der Waals surface area contributed by atoms with Crippen LogP contribution in [0.25, 0.3) is 0 Å². The second-order valence-electron chi connectivity index (χ2n) is 5.03. The summed E-state index contributed by atoms with van der Waals surface area (Å²) in [5.41, 5.74) is 1.05. The topological polar surface area (TPSA) is 58.6 Å². The van der Waals surface area contributed by atoms with Crippen LogP contribution in [0.3, 0.4) is 0 Å². The van der Waals surface area contributed by atoms with E-state index in [0.29, 0.717) is 17.9 Å². The molecular weight excluding hydrogens is 312 g/mol. The number of anilines is 1. The van der Waals surface area contributed by atoms with Crippen molar-refractivity contribution in [1.82, 2.24) is 4.90 Å². The number of nitrogens with one attached hydrogen (secondary N) is 1. The van der Waals surface area contributed by atoms with E-state index in [1.54, 1.807) is 54.5 Å². The van der Waals surface area contributed by atoms with Crippen LogP contribution < -0.4 is 5.32 Å². The fourth-order valence-electron chi connectivity index (χ4n) is 2.11. The van der Waals surface area contributed by atoms with Gasteiger partial charge in [0.1, 0.15) is 0 Å². The molecule has 0 radical (unpaired) electrons. The summed E-state index contributed by atoms with van der Waals surface area (Å²) in [6.07, 6.45) is -0.530. The number of thiophene rings is 1. The third-order valence-corrected chi connectivity index (χ3v) is 4.53. The van der Waals surface area contributed by atoms with Gasteiger partial charge in [0.25, 0.3) is 5.91 Å². The van der Waals surface area contributed by atoms with Gasteiger partial charge in [-0.3, -0.25) is 10.1 Å². The maximum atomic E-state index is 12.6. The third-order valence-electron chi connectivity index (χ3n) is 3.49. The maximum Gasteiger partial charge on any atom is 0.411 e. The highest BCUT2D eigenvalue weighted by molar-refractivity contribution is 7.10. The first kappa shape index (κ1) is 17.0. The van der Waals surface area contributed by atoms with Crippen LogP contribution in [0.1, 0.15) is 35.1 Å². The van der Waals surface area contributed by atoms with Crippen LogP contribution in [-0.4, -0.2) is 30.6 Å². The molecule has 1 atom stereocenters. The molecule has 1 unspecified atom stereocenters. The van der Waals surface area contributed by atoms with E-state index < -0.39 is 6.09 Å². The van der Waals surface area contributed by atoms with Gasteiger partial charge in [-0.2, -0.15) is 0 Å². The molecular formula is C17H20N2O3S. The van der Waals surface area contributed by atoms with Crippen molar-refractivity contribution in [2.45, 2.75) is 19.9 Å². The van der Waals surface area contributed by atoms with Crippen LogP contribution in [0.2, 0.25) is 0 Å². The van der Waals surface area contributed by atoms with Crippen LogP contribution in [0.4, 0.5) is 10.5 Å². The average Bonchev–Trinajstić information content (AvgIpc) is 3.07. The zero-order valence-corrected chi connectivity index (χ0v) is 14.2. The summed E-state index contributed by atoms with van der Waals surface area (Å²) < 4.78 is 4.84. The van der Waals surface area contributed by atoms with Crippen LogP contribution in [0.5, 0.6) is 0 Å². The normalized spacial score (nSPS) is 11.6. The molecule has 0 aliphatic carbocycles. The summed E-state index contributed by atoms with van der Waals surface area (Å²) in [4.78, 5) is 26.9. The number of rotatable bonds is 5. The molecule has 5 nitrogen and oxygen atoms in total. The summed E-state index contributed by atoms with van der Waals surface area (Å²) in [6, 6.07) is 10.8. The molecule has 1 heterocycles. The zero-order chi connectivity index (χ0) is 16.8. The van der Waals surface area contributed by atoms with Gasteiger partial charge in [-0.25, -0.2) is 4.79 Å². The third kappa shape index (κ3) is 4.32. The number of amides is 2. The minimum atomic E-state index is -0.530. The van der Waals surface area contributed by atoms with Gasteiger partial charge >= 0.3 is 6.09 Å². The molecule has 1 aromatic carbocycles. The quantitative estimate of drug-likeness (QED) is 0.895. The van der Waals surface area contributed by atoms with Gasteiger partial charge in [-0.1, -0.05) is 12.1 Å². The SMILES string of the molecule is CCOC(=O)Nc1cccc(C(=O)N(C)C(C)c2cccs2)c1. The first-order valence-corrected chi connectivity index (χ1v) is 8.25. The number of hydrogen-bond donors (Lipinski definition) is 1. The number of ether oxygens (including phenoxy) is 1. The monoisotopic (exact) mass is 332 g/mol. The van der Waals surface area contributed by atoms with E-state index >= 15 is 0 Å². The Hall–Kier alpha value is -2.34. The lowest BCUT2D eigenvalue weighted by Crippen LogP contribution is -2.29. The Bertz CT molecular complexity index is 670. The maximum absolute atomic E-state index is 12.6. The Labute approximate surface area is 139 Å². The zero-order valence-electron chi connectivity index (χ0n) is 13.4. The smallest absolute Gasteiger partial charge is 0.411 e. The molecule has 2 amide bonds. The fraction of sp³-hybridized carbons (Fsp3) is 0.294. The summed E-state index contributed by atoms with van der Waals surface area (Å²) >= 11 is 1.62. The van der Waals surface area contributed by atoms with Crippen LogP contribution in [0, 0.1) is 0 Å². The first-order valence-electron chi connectivity index (χ1n) is 7.37. The predicted octanol–water partition coefficient (Wildman–Crippen LogP) is 4.15. The van der Waals surface area contributed by atoms with E-state index in [-0.39, 0.29) is 11.9 Å². The molecule has 23 heavy (non-hydrogen) atoms. The van der Waals surface area contributed by atoms with E-state index in [4.69, 9.17) is 4.74 Å². The van der Waals surface area contributed by atoms with Crippen molar-refractivity contribution in [2.24, 2.45) is 0 Å². The Kier molecular flexibility index (Phi) is 5.76. The lowest BCUT2D eigenvalue weighted by atomic mass is 10.1. The van der Waals surface area contributed by atoms with Gasteiger partial charge in [0, 0.05) is 23.2 Å². The molecule has 1 aromatic heterocycles. The Morgan fingerprint density at radius 3 is 2.74 bits per heavy atom. The molecule has 2 rings (SSSR count). The standard InChI is InChI=1S/C17H20N2O3S/c1-4-22-17(21)18-14-8-5-7-13(11-14)16(20)19(3)12(2)15-9-6-10-23-15/h5-12H,4H2,1-3H3,(H,18,21). The largest absolute Gasteiger partial charge is 0.450 e. The lowest BCUT2D eigenvalue weighted by Gasteiger charge is -2.24. The molecule has 0 fully saturated rings. The molecule has 0 aliphatic rings. The summed E-state index contributed by atoms with van der Waals surface area (Å²) in [7, 11) is 1.78. The van der Waals surface area contributed by atoms with E-state index in [1.165, 1.54) is 0 Å². The second-order valence-corrected chi connectivity index (χ2v) is 6.01. The number of hydrogen-bond acceptors (Lipinski definition) is 4. The van der Waals surface area contributed by atoms with E-state index in [2.05, 4.69) is 5.32 Å². The van der Waals surface area contributed by atoms with E-state index in [9.17, 15) is 9.59 Å². The molecule has 0 saturated heterocycles. The van der Waals surface area contributed by atoms with E-state index in [0.717, 1.165) is 4.88 Å². The van der Waals surface area contributed by atoms with Crippen LogP contribution >= 0.6 is 11.3 Å². The number of carbonyl (C=O) groups is 2. The highest BCUT2D eigenvalue weighted by Gasteiger charge is 2.20. The van der Waals surface area contributed by atoms with Crippen molar-refractivity contribution in [3.05, 3.63) is 52.2 Å². The lowest BCUT2D eigenvalue weighted by molar-refractivity contribution is 0.0745. The number of carbonyl (C=O) groups excluding carboxylic acids is 2. The first-order chi connectivity index (χ1) is 11.0. The predicted molar refractivity (Wildman–Crippen MR) is 91.9 cm³/mol. The molecule has 1 N–H and O–H groups in total.